The molecule has 8 heteroatoms. The Hall–Kier alpha value is -0.595. The smallest absolute Gasteiger partial charge is 0.399 e. The van der Waals surface area contributed by atoms with E-state index in [-0.39, 0.29) is 6.54 Å². The van der Waals surface area contributed by atoms with Crippen molar-refractivity contribution in [2.24, 2.45) is 0 Å². The van der Waals surface area contributed by atoms with E-state index in [1.807, 2.05) is 39.8 Å². The minimum atomic E-state index is -3.23. The molecule has 0 spiro atoms. The highest BCUT2D eigenvalue weighted by atomic mass is 35.5. The number of hydrogen-bond donors (Lipinski definition) is 1. The molecule has 1 saturated heterocycles. The number of sulfonamides is 1. The van der Waals surface area contributed by atoms with Crippen LogP contribution >= 0.6 is 11.6 Å². The van der Waals surface area contributed by atoms with Crippen LogP contribution < -0.4 is 10.2 Å². The number of halogens is 1. The summed E-state index contributed by atoms with van der Waals surface area (Å²) in [6.45, 7) is 8.11. The average Bonchev–Trinajstić information content (AvgIpc) is 2.55. The summed E-state index contributed by atoms with van der Waals surface area (Å²) < 4.78 is 36.6. The molecule has 22 heavy (non-hydrogen) atoms. The Morgan fingerprint density at radius 1 is 1.18 bits per heavy atom. The highest BCUT2D eigenvalue weighted by molar-refractivity contribution is 7.88. The zero-order valence-corrected chi connectivity index (χ0v) is 15.0. The first-order valence-corrected chi connectivity index (χ1v) is 9.27. The van der Waals surface area contributed by atoms with E-state index in [1.165, 1.54) is 0 Å². The van der Waals surface area contributed by atoms with Gasteiger partial charge in [-0.05, 0) is 39.3 Å². The molecule has 0 saturated carbocycles. The van der Waals surface area contributed by atoms with Crippen molar-refractivity contribution in [1.82, 2.24) is 4.72 Å². The van der Waals surface area contributed by atoms with Crippen molar-refractivity contribution < 1.29 is 17.7 Å². The van der Waals surface area contributed by atoms with E-state index in [0.29, 0.717) is 5.02 Å². The van der Waals surface area contributed by atoms with Crippen LogP contribution in [0.15, 0.2) is 18.2 Å². The second kappa shape index (κ2) is 5.80. The van der Waals surface area contributed by atoms with Crippen molar-refractivity contribution >= 4 is 34.2 Å². The Morgan fingerprint density at radius 2 is 1.73 bits per heavy atom. The first kappa shape index (κ1) is 17.8. The molecule has 1 heterocycles. The second-order valence-electron chi connectivity index (χ2n) is 6.54. The molecule has 1 fully saturated rings. The Bertz CT molecular complexity index is 659. The van der Waals surface area contributed by atoms with Crippen molar-refractivity contribution in [3.8, 4) is 0 Å². The molecule has 1 aromatic rings. The summed E-state index contributed by atoms with van der Waals surface area (Å²) >= 11 is 6.31. The molecule has 0 aromatic heterocycles. The van der Waals surface area contributed by atoms with Crippen molar-refractivity contribution in [3.63, 3.8) is 0 Å². The molecule has 0 unspecified atom stereocenters. The predicted octanol–water partition coefficient (Wildman–Crippen LogP) is 1.69. The fourth-order valence-electron chi connectivity index (χ4n) is 2.06. The molecule has 2 rings (SSSR count). The van der Waals surface area contributed by atoms with Gasteiger partial charge in [-0.2, -0.15) is 0 Å². The molecular formula is C14H21BClNO4S. The molecule has 0 aliphatic carbocycles. The molecule has 0 amide bonds. The third-order valence-electron chi connectivity index (χ3n) is 4.11. The van der Waals surface area contributed by atoms with Gasteiger partial charge in [-0.15, -0.1) is 0 Å². The van der Waals surface area contributed by atoms with Crippen LogP contribution in [0.3, 0.4) is 0 Å². The Kier molecular flexibility index (Phi) is 4.68. The zero-order valence-electron chi connectivity index (χ0n) is 13.4. The summed E-state index contributed by atoms with van der Waals surface area (Å²) in [6.07, 6.45) is 1.12. The van der Waals surface area contributed by atoms with Gasteiger partial charge in [0.25, 0.3) is 0 Å². The summed E-state index contributed by atoms with van der Waals surface area (Å²) in [7, 11) is -3.77. The van der Waals surface area contributed by atoms with Crippen molar-refractivity contribution in [3.05, 3.63) is 28.8 Å². The SMILES string of the molecule is CC1(C)OB(c2ccc(CNS(C)(=O)=O)cc2Cl)OC1(C)C. The van der Waals surface area contributed by atoms with Crippen LogP contribution in [0.2, 0.25) is 5.02 Å². The largest absolute Gasteiger partial charge is 0.496 e. The van der Waals surface area contributed by atoms with Gasteiger partial charge in [0.15, 0.2) is 0 Å². The van der Waals surface area contributed by atoms with E-state index in [2.05, 4.69) is 4.72 Å². The molecule has 1 N–H and O–H groups in total. The van der Waals surface area contributed by atoms with Crippen LogP contribution in [-0.4, -0.2) is 33.0 Å². The number of rotatable bonds is 4. The fraction of sp³-hybridized carbons (Fsp3) is 0.571. The minimum Gasteiger partial charge on any atom is -0.399 e. The maximum Gasteiger partial charge on any atom is 0.496 e. The first-order chi connectivity index (χ1) is 9.91. The van der Waals surface area contributed by atoms with Gasteiger partial charge in [-0.3, -0.25) is 0 Å². The molecule has 0 atom stereocenters. The lowest BCUT2D eigenvalue weighted by Crippen LogP contribution is -2.41. The van der Waals surface area contributed by atoms with E-state index in [0.717, 1.165) is 17.3 Å². The Balaban J connectivity index is 2.18. The van der Waals surface area contributed by atoms with E-state index in [9.17, 15) is 8.42 Å². The topological polar surface area (TPSA) is 64.6 Å². The maximum atomic E-state index is 11.1. The Morgan fingerprint density at radius 3 is 2.18 bits per heavy atom. The summed E-state index contributed by atoms with van der Waals surface area (Å²) in [5, 5.41) is 0.492. The molecular weight excluding hydrogens is 324 g/mol. The molecule has 122 valence electrons. The number of hydrogen-bond acceptors (Lipinski definition) is 4. The predicted molar refractivity (Wildman–Crippen MR) is 88.9 cm³/mol. The van der Waals surface area contributed by atoms with Gasteiger partial charge in [-0.25, -0.2) is 13.1 Å². The normalized spacial score (nSPS) is 20.4. The number of benzene rings is 1. The molecule has 1 aromatic carbocycles. The van der Waals surface area contributed by atoms with Crippen molar-refractivity contribution in [1.29, 1.82) is 0 Å². The quantitative estimate of drug-likeness (QED) is 0.844. The van der Waals surface area contributed by atoms with E-state index in [1.54, 1.807) is 6.07 Å². The van der Waals surface area contributed by atoms with Gasteiger partial charge in [-0.1, -0.05) is 23.7 Å². The first-order valence-electron chi connectivity index (χ1n) is 7.00. The lowest BCUT2D eigenvalue weighted by atomic mass is 9.78. The van der Waals surface area contributed by atoms with Gasteiger partial charge in [0.2, 0.25) is 10.0 Å². The summed E-state index contributed by atoms with van der Waals surface area (Å²) in [6, 6.07) is 5.34. The van der Waals surface area contributed by atoms with E-state index < -0.39 is 28.3 Å². The van der Waals surface area contributed by atoms with Crippen molar-refractivity contribution in [2.45, 2.75) is 45.4 Å². The van der Waals surface area contributed by atoms with Crippen LogP contribution in [0.4, 0.5) is 0 Å². The molecule has 0 radical (unpaired) electrons. The molecule has 1 aliphatic heterocycles. The molecule has 5 nitrogen and oxygen atoms in total. The van der Waals surface area contributed by atoms with Gasteiger partial charge in [0.1, 0.15) is 0 Å². The monoisotopic (exact) mass is 345 g/mol. The third kappa shape index (κ3) is 3.83. The average molecular weight is 346 g/mol. The highest BCUT2D eigenvalue weighted by Crippen LogP contribution is 2.37. The van der Waals surface area contributed by atoms with Gasteiger partial charge in [0, 0.05) is 17.0 Å². The molecule has 1 aliphatic rings. The lowest BCUT2D eigenvalue weighted by molar-refractivity contribution is 0.00578. The second-order valence-corrected chi connectivity index (χ2v) is 8.78. The van der Waals surface area contributed by atoms with Gasteiger partial charge in [0.05, 0.1) is 17.5 Å². The van der Waals surface area contributed by atoms with Crippen LogP contribution in [0.5, 0.6) is 0 Å². The van der Waals surface area contributed by atoms with Gasteiger partial charge >= 0.3 is 7.12 Å². The zero-order chi connectivity index (χ0) is 16.8. The maximum absolute atomic E-state index is 11.1. The van der Waals surface area contributed by atoms with E-state index in [4.69, 9.17) is 20.9 Å². The number of nitrogens with one attached hydrogen (secondary N) is 1. The Labute approximate surface area is 137 Å². The van der Waals surface area contributed by atoms with E-state index >= 15 is 0 Å². The van der Waals surface area contributed by atoms with Gasteiger partial charge < -0.3 is 9.31 Å². The van der Waals surface area contributed by atoms with Crippen LogP contribution in [0, 0.1) is 0 Å². The van der Waals surface area contributed by atoms with Crippen LogP contribution in [0.25, 0.3) is 0 Å². The van der Waals surface area contributed by atoms with Crippen molar-refractivity contribution in [2.75, 3.05) is 6.26 Å². The molecule has 0 bridgehead atoms. The lowest BCUT2D eigenvalue weighted by Gasteiger charge is -2.32. The minimum absolute atomic E-state index is 0.197. The highest BCUT2D eigenvalue weighted by Gasteiger charge is 2.52. The fourth-order valence-corrected chi connectivity index (χ4v) is 2.78. The standard InChI is InChI=1S/C14H21BClNO4S/c1-13(2)14(3,4)21-15(20-13)11-7-6-10(8-12(11)16)9-17-22(5,18)19/h6-8,17H,9H2,1-5H3. The summed E-state index contributed by atoms with van der Waals surface area (Å²) in [5.74, 6) is 0. The van der Waals surface area contributed by atoms with Crippen LogP contribution in [0.1, 0.15) is 33.3 Å². The van der Waals surface area contributed by atoms with Crippen LogP contribution in [-0.2, 0) is 25.9 Å². The summed E-state index contributed by atoms with van der Waals surface area (Å²) in [5.41, 5.74) is 0.647. The summed E-state index contributed by atoms with van der Waals surface area (Å²) in [4.78, 5) is 0. The third-order valence-corrected chi connectivity index (χ3v) is 5.11.